The van der Waals surface area contributed by atoms with Crippen molar-refractivity contribution >= 4 is 5.78 Å². The maximum atomic E-state index is 13.6. The lowest BCUT2D eigenvalue weighted by atomic mass is 9.88. The zero-order valence-corrected chi connectivity index (χ0v) is 20.8. The van der Waals surface area contributed by atoms with E-state index >= 15 is 0 Å². The smallest absolute Gasteiger partial charge is 0.204 e. The second-order valence-electron chi connectivity index (χ2n) is 8.65. The molecule has 37 heavy (non-hydrogen) atoms. The molecule has 188 valence electrons. The molecule has 0 aromatic heterocycles. The second kappa shape index (κ2) is 11.1. The number of ketones is 1. The van der Waals surface area contributed by atoms with E-state index in [0.717, 1.165) is 11.1 Å². The molecular formula is C31H28O6. The van der Waals surface area contributed by atoms with E-state index in [2.05, 4.69) is 0 Å². The first-order valence-electron chi connectivity index (χ1n) is 12.1. The normalized spacial score (nSPS) is 14.3. The van der Waals surface area contributed by atoms with Gasteiger partial charge in [0.15, 0.2) is 17.3 Å². The average molecular weight is 497 g/mol. The predicted octanol–water partition coefficient (Wildman–Crippen LogP) is 6.22. The van der Waals surface area contributed by atoms with Crippen LogP contribution in [-0.2, 0) is 13.2 Å². The van der Waals surface area contributed by atoms with Crippen LogP contribution in [0.4, 0.5) is 0 Å². The molecule has 1 unspecified atom stereocenters. The predicted molar refractivity (Wildman–Crippen MR) is 140 cm³/mol. The van der Waals surface area contributed by atoms with Crippen LogP contribution in [0, 0.1) is 0 Å². The number of fused-ring (bicyclic) bond motifs is 1. The number of benzene rings is 4. The summed E-state index contributed by atoms with van der Waals surface area (Å²) in [4.78, 5) is 13.6. The van der Waals surface area contributed by atoms with Crippen molar-refractivity contribution in [1.29, 1.82) is 0 Å². The van der Waals surface area contributed by atoms with Crippen molar-refractivity contribution in [2.45, 2.75) is 19.1 Å². The first kappa shape index (κ1) is 24.3. The van der Waals surface area contributed by atoms with E-state index in [4.69, 9.17) is 23.7 Å². The largest absolute Gasteiger partial charge is 0.493 e. The quantitative estimate of drug-likeness (QED) is 0.274. The number of carbonyl (C=O) groups is 1. The van der Waals surface area contributed by atoms with Gasteiger partial charge in [0.25, 0.3) is 0 Å². The Labute approximate surface area is 216 Å². The van der Waals surface area contributed by atoms with Crippen molar-refractivity contribution in [2.75, 3.05) is 20.8 Å². The molecule has 0 aliphatic carbocycles. The third-order valence-electron chi connectivity index (χ3n) is 6.32. The lowest BCUT2D eigenvalue weighted by Gasteiger charge is -2.27. The summed E-state index contributed by atoms with van der Waals surface area (Å²) in [5.74, 6) is 2.00. The molecule has 4 aromatic rings. The molecule has 1 aliphatic rings. The van der Waals surface area contributed by atoms with Crippen molar-refractivity contribution in [3.05, 3.63) is 113 Å². The molecule has 5 rings (SSSR count). The van der Waals surface area contributed by atoms with Crippen LogP contribution in [-0.4, -0.2) is 26.6 Å². The summed E-state index contributed by atoms with van der Waals surface area (Å²) in [5, 5.41) is 0. The molecule has 6 heteroatoms. The number of Topliss-reactive ketones (excluding diaryl/α,β-unsaturated/α-hetero) is 1. The van der Waals surface area contributed by atoms with E-state index in [9.17, 15) is 4.79 Å². The Morgan fingerprint density at radius 2 is 1.43 bits per heavy atom. The summed E-state index contributed by atoms with van der Waals surface area (Å²) >= 11 is 0. The van der Waals surface area contributed by atoms with Gasteiger partial charge in [0.1, 0.15) is 31.3 Å². The molecule has 0 saturated heterocycles. The highest BCUT2D eigenvalue weighted by Crippen LogP contribution is 2.45. The van der Waals surface area contributed by atoms with Crippen LogP contribution in [0.3, 0.4) is 0 Å². The van der Waals surface area contributed by atoms with Crippen molar-refractivity contribution in [3.63, 3.8) is 0 Å². The molecule has 0 bridgehead atoms. The fourth-order valence-electron chi connectivity index (χ4n) is 4.40. The van der Waals surface area contributed by atoms with Crippen LogP contribution in [0.25, 0.3) is 0 Å². The first-order valence-corrected chi connectivity index (χ1v) is 12.1. The second-order valence-corrected chi connectivity index (χ2v) is 8.65. The Hall–Kier alpha value is -4.45. The van der Waals surface area contributed by atoms with Gasteiger partial charge in [-0.15, -0.1) is 0 Å². The molecule has 0 spiro atoms. The van der Waals surface area contributed by atoms with Crippen LogP contribution < -0.4 is 23.7 Å². The molecule has 0 saturated carbocycles. The molecule has 1 atom stereocenters. The molecule has 6 nitrogen and oxygen atoms in total. The van der Waals surface area contributed by atoms with Gasteiger partial charge >= 0.3 is 0 Å². The number of ether oxygens (including phenoxy) is 5. The van der Waals surface area contributed by atoms with Crippen LogP contribution in [0.15, 0.2) is 91.0 Å². The minimum Gasteiger partial charge on any atom is -0.493 e. The highest BCUT2D eigenvalue weighted by Gasteiger charge is 2.34. The van der Waals surface area contributed by atoms with Crippen molar-refractivity contribution in [1.82, 2.24) is 0 Å². The minimum absolute atomic E-state index is 0.0478. The Kier molecular flexibility index (Phi) is 7.26. The average Bonchev–Trinajstić information content (AvgIpc) is 2.95. The third kappa shape index (κ3) is 5.23. The van der Waals surface area contributed by atoms with Gasteiger partial charge in [0, 0.05) is 11.6 Å². The van der Waals surface area contributed by atoms with Crippen molar-refractivity contribution in [3.8, 4) is 28.7 Å². The summed E-state index contributed by atoms with van der Waals surface area (Å²) in [7, 11) is 3.14. The lowest BCUT2D eigenvalue weighted by Crippen LogP contribution is -2.26. The molecule has 0 fully saturated rings. The van der Waals surface area contributed by atoms with Gasteiger partial charge in [-0.25, -0.2) is 0 Å². The van der Waals surface area contributed by atoms with E-state index in [1.54, 1.807) is 38.5 Å². The van der Waals surface area contributed by atoms with Crippen molar-refractivity contribution < 1.29 is 28.5 Å². The fraction of sp³-hybridized carbons (Fsp3) is 0.194. The Bertz CT molecular complexity index is 1370. The van der Waals surface area contributed by atoms with Crippen LogP contribution in [0.5, 0.6) is 28.7 Å². The van der Waals surface area contributed by atoms with Crippen LogP contribution in [0.2, 0.25) is 0 Å². The van der Waals surface area contributed by atoms with Crippen molar-refractivity contribution in [2.24, 2.45) is 0 Å². The molecule has 1 heterocycles. The monoisotopic (exact) mass is 496 g/mol. The summed E-state index contributed by atoms with van der Waals surface area (Å²) < 4.78 is 29.4. The van der Waals surface area contributed by atoms with E-state index < -0.39 is 5.92 Å². The van der Waals surface area contributed by atoms with Gasteiger partial charge in [0.2, 0.25) is 5.75 Å². The highest BCUT2D eigenvalue weighted by molar-refractivity contribution is 6.04. The summed E-state index contributed by atoms with van der Waals surface area (Å²) in [6, 6.07) is 28.7. The standard InChI is InChI=1S/C31H28O6/c1-33-27-16-15-24(30(34-2)31(27)37-19-22-11-7-4-8-12-22)26-20-36-28-17-23(13-14-25(28)29(26)32)35-18-21-9-5-3-6-10-21/h3-17,26H,18-20H2,1-2H3. The molecule has 0 N–H and O–H groups in total. The Balaban J connectivity index is 1.38. The van der Waals surface area contributed by atoms with Gasteiger partial charge in [-0.2, -0.15) is 0 Å². The molecule has 0 amide bonds. The minimum atomic E-state index is -0.552. The maximum absolute atomic E-state index is 13.6. The van der Waals surface area contributed by atoms with Gasteiger partial charge < -0.3 is 23.7 Å². The summed E-state index contributed by atoms with van der Waals surface area (Å²) in [6.45, 7) is 0.945. The highest BCUT2D eigenvalue weighted by atomic mass is 16.5. The maximum Gasteiger partial charge on any atom is 0.204 e. The number of hydrogen-bond donors (Lipinski definition) is 0. The van der Waals surface area contributed by atoms with Gasteiger partial charge in [0.05, 0.1) is 25.7 Å². The van der Waals surface area contributed by atoms with E-state index in [0.29, 0.717) is 53.1 Å². The fourth-order valence-corrected chi connectivity index (χ4v) is 4.40. The SMILES string of the molecule is COc1ccc(C2COc3cc(OCc4ccccc4)ccc3C2=O)c(OC)c1OCc1ccccc1. The number of hydrogen-bond acceptors (Lipinski definition) is 6. The zero-order chi connectivity index (χ0) is 25.6. The molecule has 1 aliphatic heterocycles. The Morgan fingerprint density at radius 3 is 2.08 bits per heavy atom. The van der Waals surface area contributed by atoms with Gasteiger partial charge in [-0.05, 0) is 29.3 Å². The number of carbonyl (C=O) groups excluding carboxylic acids is 1. The molecule has 4 aromatic carbocycles. The van der Waals surface area contributed by atoms with E-state index in [1.807, 2.05) is 66.7 Å². The molecular weight excluding hydrogens is 468 g/mol. The van der Waals surface area contributed by atoms with Gasteiger partial charge in [-0.3, -0.25) is 4.79 Å². The lowest BCUT2D eigenvalue weighted by molar-refractivity contribution is 0.0893. The van der Waals surface area contributed by atoms with E-state index in [-0.39, 0.29) is 12.4 Å². The van der Waals surface area contributed by atoms with Crippen LogP contribution >= 0.6 is 0 Å². The summed E-state index contributed by atoms with van der Waals surface area (Å²) in [5.41, 5.74) is 3.27. The summed E-state index contributed by atoms with van der Waals surface area (Å²) in [6.07, 6.45) is 0. The first-order chi connectivity index (χ1) is 18.2. The number of rotatable bonds is 9. The zero-order valence-electron chi connectivity index (χ0n) is 20.8. The van der Waals surface area contributed by atoms with Gasteiger partial charge in [-0.1, -0.05) is 66.7 Å². The third-order valence-corrected chi connectivity index (χ3v) is 6.32. The van der Waals surface area contributed by atoms with E-state index in [1.165, 1.54) is 0 Å². The Morgan fingerprint density at radius 1 is 0.757 bits per heavy atom. The van der Waals surface area contributed by atoms with Crippen LogP contribution in [0.1, 0.15) is 33.0 Å². The topological polar surface area (TPSA) is 63.2 Å². The molecule has 0 radical (unpaired) electrons. The number of methoxy groups -OCH3 is 2.